The Labute approximate surface area is 184 Å². The van der Waals surface area contributed by atoms with E-state index in [9.17, 15) is 4.79 Å². The van der Waals surface area contributed by atoms with Gasteiger partial charge in [0, 0.05) is 16.7 Å². The minimum absolute atomic E-state index is 0.129. The third-order valence-electron chi connectivity index (χ3n) is 4.70. The van der Waals surface area contributed by atoms with E-state index >= 15 is 0 Å². The van der Waals surface area contributed by atoms with E-state index in [2.05, 4.69) is 0 Å². The summed E-state index contributed by atoms with van der Waals surface area (Å²) in [7, 11) is 0. The SMILES string of the molecule is CCOc1ccccc1Oc1c(C)oc2cc(OCc3ccccc3Cl)ccc2c1=O. The van der Waals surface area contributed by atoms with Crippen LogP contribution in [0.5, 0.6) is 23.0 Å². The maximum atomic E-state index is 13.1. The zero-order chi connectivity index (χ0) is 21.8. The van der Waals surface area contributed by atoms with Crippen molar-refractivity contribution in [3.05, 3.63) is 93.3 Å². The van der Waals surface area contributed by atoms with Gasteiger partial charge in [-0.3, -0.25) is 4.79 Å². The molecule has 158 valence electrons. The van der Waals surface area contributed by atoms with Crippen LogP contribution in [0.4, 0.5) is 0 Å². The molecule has 0 aliphatic carbocycles. The molecular formula is C25H21ClO5. The fourth-order valence-electron chi connectivity index (χ4n) is 3.17. The predicted molar refractivity (Wildman–Crippen MR) is 121 cm³/mol. The van der Waals surface area contributed by atoms with Gasteiger partial charge in [0.1, 0.15) is 23.7 Å². The molecule has 6 heteroatoms. The van der Waals surface area contributed by atoms with E-state index in [0.29, 0.717) is 52.2 Å². The lowest BCUT2D eigenvalue weighted by Crippen LogP contribution is -2.08. The number of para-hydroxylation sites is 2. The lowest BCUT2D eigenvalue weighted by molar-refractivity contribution is 0.306. The summed E-state index contributed by atoms with van der Waals surface area (Å²) in [6, 6.07) is 19.8. The number of benzene rings is 3. The zero-order valence-corrected chi connectivity index (χ0v) is 17.9. The van der Waals surface area contributed by atoms with Crippen molar-refractivity contribution in [1.29, 1.82) is 0 Å². The van der Waals surface area contributed by atoms with Gasteiger partial charge in [-0.1, -0.05) is 41.9 Å². The van der Waals surface area contributed by atoms with Crippen LogP contribution in [0.15, 0.2) is 75.9 Å². The van der Waals surface area contributed by atoms with Crippen molar-refractivity contribution in [2.45, 2.75) is 20.5 Å². The Morgan fingerprint density at radius 1 is 0.935 bits per heavy atom. The molecule has 0 unspecified atom stereocenters. The van der Waals surface area contributed by atoms with Gasteiger partial charge < -0.3 is 18.6 Å². The topological polar surface area (TPSA) is 57.9 Å². The van der Waals surface area contributed by atoms with E-state index in [1.165, 1.54) is 0 Å². The van der Waals surface area contributed by atoms with Crippen LogP contribution in [0, 0.1) is 6.92 Å². The lowest BCUT2D eigenvalue weighted by atomic mass is 10.2. The lowest BCUT2D eigenvalue weighted by Gasteiger charge is -2.13. The smallest absolute Gasteiger partial charge is 0.235 e. The molecule has 0 saturated heterocycles. The number of hydrogen-bond acceptors (Lipinski definition) is 5. The summed E-state index contributed by atoms with van der Waals surface area (Å²) < 4.78 is 23.2. The first-order chi connectivity index (χ1) is 15.1. The van der Waals surface area contributed by atoms with Crippen LogP contribution in [-0.2, 0) is 6.61 Å². The fraction of sp³-hybridized carbons (Fsp3) is 0.160. The predicted octanol–water partition coefficient (Wildman–Crippen LogP) is 6.52. The number of halogens is 1. The highest BCUT2D eigenvalue weighted by atomic mass is 35.5. The van der Waals surface area contributed by atoms with Gasteiger partial charge >= 0.3 is 0 Å². The van der Waals surface area contributed by atoms with Crippen LogP contribution >= 0.6 is 11.6 Å². The number of ether oxygens (including phenoxy) is 3. The summed E-state index contributed by atoms with van der Waals surface area (Å²) in [6.07, 6.45) is 0. The van der Waals surface area contributed by atoms with Crippen LogP contribution in [0.1, 0.15) is 18.2 Å². The Hall–Kier alpha value is -3.44. The summed E-state index contributed by atoms with van der Waals surface area (Å²) in [4.78, 5) is 13.1. The molecule has 0 aliphatic rings. The van der Waals surface area contributed by atoms with Crippen molar-refractivity contribution in [3.63, 3.8) is 0 Å². The van der Waals surface area contributed by atoms with Gasteiger partial charge in [-0.05, 0) is 44.2 Å². The normalized spacial score (nSPS) is 10.8. The molecule has 0 radical (unpaired) electrons. The minimum Gasteiger partial charge on any atom is -0.490 e. The van der Waals surface area contributed by atoms with Gasteiger partial charge in [-0.25, -0.2) is 0 Å². The van der Waals surface area contributed by atoms with Crippen molar-refractivity contribution >= 4 is 22.6 Å². The second-order valence-corrected chi connectivity index (χ2v) is 7.24. The largest absolute Gasteiger partial charge is 0.490 e. The third-order valence-corrected chi connectivity index (χ3v) is 5.07. The highest BCUT2D eigenvalue weighted by molar-refractivity contribution is 6.31. The van der Waals surface area contributed by atoms with Crippen molar-refractivity contribution < 1.29 is 18.6 Å². The molecular weight excluding hydrogens is 416 g/mol. The number of aryl methyl sites for hydroxylation is 1. The molecule has 0 fully saturated rings. The highest BCUT2D eigenvalue weighted by Crippen LogP contribution is 2.33. The Bertz CT molecular complexity index is 1280. The molecule has 5 nitrogen and oxygen atoms in total. The van der Waals surface area contributed by atoms with E-state index in [-0.39, 0.29) is 11.2 Å². The molecule has 0 aliphatic heterocycles. The van der Waals surface area contributed by atoms with Crippen LogP contribution < -0.4 is 19.6 Å². The molecule has 0 N–H and O–H groups in total. The minimum atomic E-state index is -0.261. The number of hydrogen-bond donors (Lipinski definition) is 0. The molecule has 0 amide bonds. The molecule has 0 saturated carbocycles. The van der Waals surface area contributed by atoms with Crippen molar-refractivity contribution in [3.8, 4) is 23.0 Å². The third kappa shape index (κ3) is 4.52. The maximum absolute atomic E-state index is 13.1. The molecule has 31 heavy (non-hydrogen) atoms. The van der Waals surface area contributed by atoms with E-state index in [0.717, 1.165) is 5.56 Å². The average molecular weight is 437 g/mol. The first kappa shape index (κ1) is 20.8. The Balaban J connectivity index is 1.63. The fourth-order valence-corrected chi connectivity index (χ4v) is 3.36. The first-order valence-corrected chi connectivity index (χ1v) is 10.3. The van der Waals surface area contributed by atoms with Crippen molar-refractivity contribution in [1.82, 2.24) is 0 Å². The van der Waals surface area contributed by atoms with E-state index in [4.69, 9.17) is 30.2 Å². The summed E-state index contributed by atoms with van der Waals surface area (Å²) in [6.45, 7) is 4.38. The molecule has 0 spiro atoms. The highest BCUT2D eigenvalue weighted by Gasteiger charge is 2.16. The van der Waals surface area contributed by atoms with E-state index < -0.39 is 0 Å². The van der Waals surface area contributed by atoms with E-state index in [1.807, 2.05) is 43.3 Å². The van der Waals surface area contributed by atoms with Gasteiger partial charge in [0.25, 0.3) is 0 Å². The second kappa shape index (κ2) is 9.14. The summed E-state index contributed by atoms with van der Waals surface area (Å²) in [5, 5.41) is 1.04. The number of fused-ring (bicyclic) bond motifs is 1. The van der Waals surface area contributed by atoms with Crippen LogP contribution in [0.25, 0.3) is 11.0 Å². The summed E-state index contributed by atoms with van der Waals surface area (Å²) >= 11 is 6.18. The Morgan fingerprint density at radius 2 is 1.68 bits per heavy atom. The summed E-state index contributed by atoms with van der Waals surface area (Å²) in [5.41, 5.74) is 1.03. The molecule has 3 aromatic carbocycles. The standard InChI is InChI=1S/C25H21ClO5/c1-3-28-21-10-6-7-11-22(21)31-25-16(2)30-23-14-18(12-13-19(23)24(25)27)29-15-17-8-4-5-9-20(17)26/h4-14H,3,15H2,1-2H3. The van der Waals surface area contributed by atoms with Gasteiger partial charge in [-0.2, -0.15) is 0 Å². The molecule has 0 bridgehead atoms. The van der Waals surface area contributed by atoms with Crippen LogP contribution in [0.3, 0.4) is 0 Å². The van der Waals surface area contributed by atoms with Crippen LogP contribution in [0.2, 0.25) is 5.02 Å². The average Bonchev–Trinajstić information content (AvgIpc) is 2.77. The molecule has 4 aromatic rings. The second-order valence-electron chi connectivity index (χ2n) is 6.84. The molecule has 4 rings (SSSR count). The van der Waals surface area contributed by atoms with Gasteiger partial charge in [0.15, 0.2) is 11.5 Å². The monoisotopic (exact) mass is 436 g/mol. The summed E-state index contributed by atoms with van der Waals surface area (Å²) in [5.74, 6) is 2.09. The van der Waals surface area contributed by atoms with Crippen LogP contribution in [-0.4, -0.2) is 6.61 Å². The van der Waals surface area contributed by atoms with Gasteiger partial charge in [0.2, 0.25) is 11.2 Å². The van der Waals surface area contributed by atoms with E-state index in [1.54, 1.807) is 37.3 Å². The zero-order valence-electron chi connectivity index (χ0n) is 17.2. The van der Waals surface area contributed by atoms with Crippen molar-refractivity contribution in [2.75, 3.05) is 6.61 Å². The Kier molecular flexibility index (Phi) is 6.14. The Morgan fingerprint density at radius 3 is 2.45 bits per heavy atom. The first-order valence-electron chi connectivity index (χ1n) is 9.90. The molecule has 0 atom stereocenters. The molecule has 1 heterocycles. The molecule has 1 aromatic heterocycles. The maximum Gasteiger partial charge on any atom is 0.235 e. The quantitative estimate of drug-likeness (QED) is 0.330. The van der Waals surface area contributed by atoms with Gasteiger partial charge in [0.05, 0.1) is 12.0 Å². The number of rotatable bonds is 7. The van der Waals surface area contributed by atoms with Crippen molar-refractivity contribution in [2.24, 2.45) is 0 Å². The van der Waals surface area contributed by atoms with Gasteiger partial charge in [-0.15, -0.1) is 0 Å².